The van der Waals surface area contributed by atoms with Crippen LogP contribution in [0.15, 0.2) is 42.5 Å². The maximum absolute atomic E-state index is 5.20. The van der Waals surface area contributed by atoms with Crippen molar-refractivity contribution < 1.29 is 4.74 Å². The van der Waals surface area contributed by atoms with Crippen LogP contribution in [-0.4, -0.2) is 20.8 Å². The number of rotatable bonds is 4. The number of fused-ring (bicyclic) bond motifs is 1. The third-order valence-electron chi connectivity index (χ3n) is 2.86. The second-order valence-corrected chi connectivity index (χ2v) is 3.90. The van der Waals surface area contributed by atoms with Crippen LogP contribution in [0.25, 0.3) is 10.8 Å². The van der Waals surface area contributed by atoms with E-state index in [-0.39, 0.29) is 6.04 Å². The molecule has 0 saturated heterocycles. The lowest BCUT2D eigenvalue weighted by atomic mass is 10.0. The molecular weight excluding hydrogens is 198 g/mol. The van der Waals surface area contributed by atoms with Gasteiger partial charge in [0.15, 0.2) is 0 Å². The first kappa shape index (κ1) is 11.1. The van der Waals surface area contributed by atoms with Crippen molar-refractivity contribution in [2.45, 2.75) is 6.04 Å². The second kappa shape index (κ2) is 5.10. The highest BCUT2D eigenvalue weighted by Gasteiger charge is 2.08. The monoisotopic (exact) mass is 215 g/mol. The van der Waals surface area contributed by atoms with Crippen molar-refractivity contribution >= 4 is 10.8 Å². The predicted molar refractivity (Wildman–Crippen MR) is 67.6 cm³/mol. The van der Waals surface area contributed by atoms with E-state index in [0.29, 0.717) is 6.61 Å². The van der Waals surface area contributed by atoms with Crippen molar-refractivity contribution in [3.63, 3.8) is 0 Å². The Kier molecular flexibility index (Phi) is 3.54. The van der Waals surface area contributed by atoms with Crippen molar-refractivity contribution in [2.75, 3.05) is 20.8 Å². The predicted octanol–water partition coefficient (Wildman–Crippen LogP) is 2.75. The van der Waals surface area contributed by atoms with Gasteiger partial charge in [0.2, 0.25) is 0 Å². The van der Waals surface area contributed by atoms with Gasteiger partial charge in [0.1, 0.15) is 0 Å². The van der Waals surface area contributed by atoms with E-state index in [4.69, 9.17) is 4.74 Å². The summed E-state index contributed by atoms with van der Waals surface area (Å²) in [6, 6.07) is 15.2. The number of benzene rings is 2. The van der Waals surface area contributed by atoms with Crippen LogP contribution >= 0.6 is 0 Å². The van der Waals surface area contributed by atoms with Crippen LogP contribution in [0.2, 0.25) is 0 Å². The Labute approximate surface area is 96.2 Å². The Morgan fingerprint density at radius 2 is 1.88 bits per heavy atom. The summed E-state index contributed by atoms with van der Waals surface area (Å²) in [5.41, 5.74) is 1.27. The van der Waals surface area contributed by atoms with Crippen LogP contribution in [0.4, 0.5) is 0 Å². The molecule has 0 aliphatic carbocycles. The molecule has 0 bridgehead atoms. The Bertz CT molecular complexity index is 467. The van der Waals surface area contributed by atoms with Gasteiger partial charge in [0.05, 0.1) is 12.6 Å². The van der Waals surface area contributed by atoms with Crippen LogP contribution < -0.4 is 5.32 Å². The number of nitrogens with one attached hydrogen (secondary N) is 1. The summed E-state index contributed by atoms with van der Waals surface area (Å²) < 4.78 is 5.20. The van der Waals surface area contributed by atoms with E-state index >= 15 is 0 Å². The number of methoxy groups -OCH3 is 1. The van der Waals surface area contributed by atoms with Crippen LogP contribution in [0.1, 0.15) is 11.6 Å². The van der Waals surface area contributed by atoms with Crippen molar-refractivity contribution in [3.8, 4) is 0 Å². The number of hydrogen-bond acceptors (Lipinski definition) is 2. The zero-order valence-electron chi connectivity index (χ0n) is 9.73. The van der Waals surface area contributed by atoms with Gasteiger partial charge in [-0.25, -0.2) is 0 Å². The minimum Gasteiger partial charge on any atom is -0.383 e. The van der Waals surface area contributed by atoms with E-state index in [0.717, 1.165) is 0 Å². The summed E-state index contributed by atoms with van der Waals surface area (Å²) in [6.45, 7) is 0.689. The van der Waals surface area contributed by atoms with Gasteiger partial charge >= 0.3 is 0 Å². The molecule has 0 aliphatic rings. The van der Waals surface area contributed by atoms with Crippen LogP contribution in [0.3, 0.4) is 0 Å². The quantitative estimate of drug-likeness (QED) is 0.846. The van der Waals surface area contributed by atoms with E-state index < -0.39 is 0 Å². The van der Waals surface area contributed by atoms with Crippen molar-refractivity contribution in [1.29, 1.82) is 0 Å². The minimum absolute atomic E-state index is 0.259. The lowest BCUT2D eigenvalue weighted by Gasteiger charge is -2.16. The molecule has 0 aromatic heterocycles. The molecule has 0 aliphatic heterocycles. The third kappa shape index (κ3) is 2.23. The molecule has 1 N–H and O–H groups in total. The van der Waals surface area contributed by atoms with Gasteiger partial charge in [0.25, 0.3) is 0 Å². The van der Waals surface area contributed by atoms with Crippen LogP contribution in [0.5, 0.6) is 0 Å². The highest BCUT2D eigenvalue weighted by molar-refractivity contribution is 5.83. The highest BCUT2D eigenvalue weighted by atomic mass is 16.5. The summed E-state index contributed by atoms with van der Waals surface area (Å²) in [7, 11) is 3.68. The highest BCUT2D eigenvalue weighted by Crippen LogP contribution is 2.20. The van der Waals surface area contributed by atoms with Gasteiger partial charge in [-0.15, -0.1) is 0 Å². The Balaban J connectivity index is 2.37. The van der Waals surface area contributed by atoms with E-state index in [1.165, 1.54) is 16.3 Å². The average Bonchev–Trinajstić information content (AvgIpc) is 2.35. The molecule has 0 amide bonds. The van der Waals surface area contributed by atoms with Crippen molar-refractivity contribution in [3.05, 3.63) is 48.0 Å². The molecule has 1 atom stereocenters. The number of ether oxygens (including phenoxy) is 1. The summed E-state index contributed by atoms with van der Waals surface area (Å²) in [5, 5.41) is 5.81. The van der Waals surface area contributed by atoms with E-state index in [9.17, 15) is 0 Å². The van der Waals surface area contributed by atoms with E-state index in [1.807, 2.05) is 7.05 Å². The molecule has 0 saturated carbocycles. The van der Waals surface area contributed by atoms with Gasteiger partial charge in [-0.1, -0.05) is 36.4 Å². The summed E-state index contributed by atoms with van der Waals surface area (Å²) in [6.07, 6.45) is 0. The second-order valence-electron chi connectivity index (χ2n) is 3.90. The molecule has 84 valence electrons. The van der Waals surface area contributed by atoms with E-state index in [1.54, 1.807) is 7.11 Å². The zero-order valence-corrected chi connectivity index (χ0v) is 9.73. The molecule has 0 radical (unpaired) electrons. The first-order valence-corrected chi connectivity index (χ1v) is 5.50. The molecule has 0 heterocycles. The Morgan fingerprint density at radius 3 is 2.56 bits per heavy atom. The summed E-state index contributed by atoms with van der Waals surface area (Å²) in [4.78, 5) is 0. The number of likely N-dealkylation sites (N-methyl/N-ethyl adjacent to an activating group) is 1. The minimum atomic E-state index is 0.259. The standard InChI is InChI=1S/C14H17NO/c1-15-14(10-16-2)13-8-7-11-5-3-4-6-12(11)9-13/h3-9,14-15H,10H2,1-2H3. The molecular formula is C14H17NO. The summed E-state index contributed by atoms with van der Waals surface area (Å²) >= 11 is 0. The van der Waals surface area contributed by atoms with Gasteiger partial charge in [0, 0.05) is 7.11 Å². The van der Waals surface area contributed by atoms with Crippen LogP contribution in [-0.2, 0) is 4.74 Å². The van der Waals surface area contributed by atoms with Crippen molar-refractivity contribution in [2.24, 2.45) is 0 Å². The molecule has 2 aromatic rings. The van der Waals surface area contributed by atoms with Crippen molar-refractivity contribution in [1.82, 2.24) is 5.32 Å². The van der Waals surface area contributed by atoms with Gasteiger partial charge in [-0.05, 0) is 29.4 Å². The van der Waals surface area contributed by atoms with Crippen LogP contribution in [0, 0.1) is 0 Å². The Morgan fingerprint density at radius 1 is 1.12 bits per heavy atom. The first-order chi connectivity index (χ1) is 7.85. The fraction of sp³-hybridized carbons (Fsp3) is 0.286. The molecule has 1 unspecified atom stereocenters. The molecule has 0 fully saturated rings. The number of hydrogen-bond donors (Lipinski definition) is 1. The molecule has 0 spiro atoms. The normalized spacial score (nSPS) is 12.9. The SMILES string of the molecule is CNC(COC)c1ccc2ccccc2c1. The maximum Gasteiger partial charge on any atom is 0.0657 e. The van der Waals surface area contributed by atoms with E-state index in [2.05, 4.69) is 47.8 Å². The molecule has 2 rings (SSSR count). The largest absolute Gasteiger partial charge is 0.383 e. The smallest absolute Gasteiger partial charge is 0.0657 e. The Hall–Kier alpha value is -1.38. The molecule has 16 heavy (non-hydrogen) atoms. The lowest BCUT2D eigenvalue weighted by Crippen LogP contribution is -2.20. The zero-order chi connectivity index (χ0) is 11.4. The fourth-order valence-corrected chi connectivity index (χ4v) is 1.94. The first-order valence-electron chi connectivity index (χ1n) is 5.50. The van der Waals surface area contributed by atoms with Gasteiger partial charge < -0.3 is 10.1 Å². The van der Waals surface area contributed by atoms with Gasteiger partial charge in [-0.3, -0.25) is 0 Å². The fourth-order valence-electron chi connectivity index (χ4n) is 1.94. The average molecular weight is 215 g/mol. The molecule has 2 aromatic carbocycles. The third-order valence-corrected chi connectivity index (χ3v) is 2.86. The molecule has 2 heteroatoms. The maximum atomic E-state index is 5.20. The summed E-state index contributed by atoms with van der Waals surface area (Å²) in [5.74, 6) is 0. The molecule has 2 nitrogen and oxygen atoms in total. The lowest BCUT2D eigenvalue weighted by molar-refractivity contribution is 0.170. The topological polar surface area (TPSA) is 21.3 Å². The van der Waals surface area contributed by atoms with Gasteiger partial charge in [-0.2, -0.15) is 0 Å².